The first kappa shape index (κ1) is 45.7. The number of halogens is 2. The van der Waals surface area contributed by atoms with Crippen LogP contribution in [0.4, 0.5) is 11.4 Å². The maximum absolute atomic E-state index is 13.1. The molecule has 0 unspecified atom stereocenters. The largest absolute Gasteiger partial charge is 0.478 e. The lowest BCUT2D eigenvalue weighted by atomic mass is 10.1. The van der Waals surface area contributed by atoms with Gasteiger partial charge in [-0.05, 0) is 130 Å². The van der Waals surface area contributed by atoms with Crippen LogP contribution in [0.5, 0.6) is 0 Å². The number of ether oxygens (including phenoxy) is 1. The highest BCUT2D eigenvalue weighted by atomic mass is 35.5. The molecule has 2 aromatic heterocycles. The summed E-state index contributed by atoms with van der Waals surface area (Å²) in [6.07, 6.45) is 3.09. The van der Waals surface area contributed by atoms with E-state index in [4.69, 9.17) is 36.8 Å². The Labute approximate surface area is 384 Å². The normalized spacial score (nSPS) is 14.6. The van der Waals surface area contributed by atoms with Crippen molar-refractivity contribution in [1.29, 1.82) is 0 Å². The van der Waals surface area contributed by atoms with E-state index in [1.54, 1.807) is 93.6 Å². The summed E-state index contributed by atoms with van der Waals surface area (Å²) in [5.74, 6) is -3.11. The number of amides is 2. The molecule has 16 nitrogen and oxygen atoms in total. The van der Waals surface area contributed by atoms with Gasteiger partial charge in [-0.3, -0.25) is 9.59 Å². The Morgan fingerprint density at radius 2 is 1.05 bits per heavy atom. The van der Waals surface area contributed by atoms with Gasteiger partial charge in [0.05, 0.1) is 72.9 Å². The van der Waals surface area contributed by atoms with Gasteiger partial charge in [-0.15, -0.1) is 0 Å². The van der Waals surface area contributed by atoms with Gasteiger partial charge in [-0.2, -0.15) is 20.2 Å². The molecule has 0 fully saturated rings. The number of carboxylic acid groups (broad SMARTS) is 3. The molecular formula is C48H34Cl2N4O12. The van der Waals surface area contributed by atoms with Gasteiger partial charge in [0, 0.05) is 11.1 Å². The number of carboxylic acids is 3. The standard InChI is InChI=1S/C25H19ClN2O6.C23H15ClN2O6/c1-3-33-25(32)16-5-4-6-17(11-16)28-23(29)19(14(2)27-28)13-18-8-10-22(34-18)15-7-9-21(26)20(12-15)24(30)31;1-12-17(21(27)26(25-12)15-4-2-3-14(9-15)22(28)29)11-16-6-8-20(32-16)13-5-7-19(24)18(10-13)23(30)31/h4-13H,3H2,1-2H3,(H,30,31);2-11H,1H3,(H,28,29)(H,30,31)/b19-13-;17-11-. The van der Waals surface area contributed by atoms with Gasteiger partial charge < -0.3 is 28.9 Å². The highest BCUT2D eigenvalue weighted by Crippen LogP contribution is 2.32. The van der Waals surface area contributed by atoms with Gasteiger partial charge >= 0.3 is 23.9 Å². The van der Waals surface area contributed by atoms with Crippen molar-refractivity contribution in [2.24, 2.45) is 10.2 Å². The van der Waals surface area contributed by atoms with Crippen LogP contribution >= 0.6 is 23.2 Å². The zero-order chi connectivity index (χ0) is 47.4. The highest BCUT2D eigenvalue weighted by Gasteiger charge is 2.31. The third-order valence-corrected chi connectivity index (χ3v) is 10.5. The minimum Gasteiger partial charge on any atom is -0.478 e. The molecular weight excluding hydrogens is 895 g/mol. The molecule has 0 radical (unpaired) electrons. The molecule has 2 aliphatic rings. The van der Waals surface area contributed by atoms with Crippen molar-refractivity contribution in [1.82, 2.24) is 0 Å². The number of anilines is 2. The van der Waals surface area contributed by atoms with Crippen LogP contribution in [-0.2, 0) is 14.3 Å². The number of rotatable bonds is 11. The average Bonchev–Trinajstić information content (AvgIpc) is 4.09. The molecule has 66 heavy (non-hydrogen) atoms. The third kappa shape index (κ3) is 9.74. The molecule has 8 rings (SSSR count). The molecule has 3 N–H and O–H groups in total. The topological polar surface area (TPSA) is 230 Å². The van der Waals surface area contributed by atoms with Crippen LogP contribution in [0.25, 0.3) is 34.8 Å². The predicted octanol–water partition coefficient (Wildman–Crippen LogP) is 10.1. The van der Waals surface area contributed by atoms with Crippen LogP contribution in [-0.4, -0.2) is 69.0 Å². The number of hydrazone groups is 2. The van der Waals surface area contributed by atoms with Gasteiger partial charge in [0.1, 0.15) is 23.0 Å². The molecule has 0 saturated carbocycles. The van der Waals surface area contributed by atoms with Crippen LogP contribution in [0.1, 0.15) is 73.7 Å². The Morgan fingerprint density at radius 3 is 1.47 bits per heavy atom. The molecule has 0 saturated heterocycles. The van der Waals surface area contributed by atoms with Gasteiger partial charge in [0.25, 0.3) is 11.8 Å². The summed E-state index contributed by atoms with van der Waals surface area (Å²) in [4.78, 5) is 71.9. The molecule has 0 aliphatic carbocycles. The molecule has 6 aromatic rings. The molecule has 2 aliphatic heterocycles. The number of hydrogen-bond acceptors (Lipinski definition) is 11. The Hall–Kier alpha value is -8.34. The van der Waals surface area contributed by atoms with E-state index in [9.17, 15) is 44.1 Å². The molecule has 0 bridgehead atoms. The second-order valence-corrected chi connectivity index (χ2v) is 15.1. The number of esters is 1. The van der Waals surface area contributed by atoms with E-state index in [1.807, 2.05) is 0 Å². The number of hydrogen-bond donors (Lipinski definition) is 3. The van der Waals surface area contributed by atoms with E-state index in [1.165, 1.54) is 53.5 Å². The van der Waals surface area contributed by atoms with Gasteiger partial charge in [0.15, 0.2) is 0 Å². The Bertz CT molecular complexity index is 3120. The van der Waals surface area contributed by atoms with Crippen molar-refractivity contribution in [2.45, 2.75) is 20.8 Å². The zero-order valence-corrected chi connectivity index (χ0v) is 36.3. The van der Waals surface area contributed by atoms with Crippen LogP contribution in [0.2, 0.25) is 10.0 Å². The van der Waals surface area contributed by atoms with Crippen molar-refractivity contribution in [2.75, 3.05) is 16.6 Å². The molecule has 332 valence electrons. The van der Waals surface area contributed by atoms with Crippen molar-refractivity contribution in [3.63, 3.8) is 0 Å². The molecule has 18 heteroatoms. The Morgan fingerprint density at radius 1 is 0.606 bits per heavy atom. The summed E-state index contributed by atoms with van der Waals surface area (Å²) in [7, 11) is 0. The quantitative estimate of drug-likeness (QED) is 0.0814. The van der Waals surface area contributed by atoms with Crippen LogP contribution in [0.15, 0.2) is 139 Å². The number of benzene rings is 4. The minimum atomic E-state index is -1.15. The lowest BCUT2D eigenvalue weighted by Crippen LogP contribution is -2.21. The van der Waals surface area contributed by atoms with Crippen molar-refractivity contribution >= 4 is 93.8 Å². The zero-order valence-electron chi connectivity index (χ0n) is 34.8. The summed E-state index contributed by atoms with van der Waals surface area (Å²) in [5.41, 5.74) is 3.62. The lowest BCUT2D eigenvalue weighted by Gasteiger charge is -2.12. The fraction of sp³-hybridized carbons (Fsp3) is 0.0833. The van der Waals surface area contributed by atoms with E-state index < -0.39 is 29.8 Å². The van der Waals surface area contributed by atoms with Crippen LogP contribution in [0.3, 0.4) is 0 Å². The third-order valence-electron chi connectivity index (χ3n) is 9.85. The minimum absolute atomic E-state index is 0.0369. The smallest absolute Gasteiger partial charge is 0.338 e. The predicted molar refractivity (Wildman–Crippen MR) is 245 cm³/mol. The Balaban J connectivity index is 0.000000197. The molecule has 0 spiro atoms. The second-order valence-electron chi connectivity index (χ2n) is 14.3. The maximum atomic E-state index is 13.1. The number of nitrogens with zero attached hydrogens (tertiary/aromatic N) is 4. The molecule has 2 amide bonds. The van der Waals surface area contributed by atoms with Gasteiger partial charge in [0.2, 0.25) is 0 Å². The highest BCUT2D eigenvalue weighted by molar-refractivity contribution is 6.34. The summed E-state index contributed by atoms with van der Waals surface area (Å²) < 4.78 is 16.6. The first-order chi connectivity index (χ1) is 31.5. The average molecular weight is 930 g/mol. The number of aromatic carboxylic acids is 3. The lowest BCUT2D eigenvalue weighted by molar-refractivity contribution is -0.115. The summed E-state index contributed by atoms with van der Waals surface area (Å²) >= 11 is 11.8. The fourth-order valence-electron chi connectivity index (χ4n) is 6.61. The van der Waals surface area contributed by atoms with Crippen molar-refractivity contribution in [3.05, 3.63) is 164 Å². The molecule has 4 aromatic carbocycles. The fourth-order valence-corrected chi connectivity index (χ4v) is 7.01. The number of furan rings is 2. The van der Waals surface area contributed by atoms with E-state index >= 15 is 0 Å². The number of carbonyl (C=O) groups excluding carboxylic acids is 3. The number of carbonyl (C=O) groups is 6. The Kier molecular flexibility index (Phi) is 13.3. The van der Waals surface area contributed by atoms with Crippen molar-refractivity contribution < 1.29 is 57.7 Å². The monoisotopic (exact) mass is 928 g/mol. The van der Waals surface area contributed by atoms with Gasteiger partial charge in [-0.25, -0.2) is 19.2 Å². The summed E-state index contributed by atoms with van der Waals surface area (Å²) in [6, 6.07) is 28.1. The van der Waals surface area contributed by atoms with Gasteiger partial charge in [-0.1, -0.05) is 35.3 Å². The maximum Gasteiger partial charge on any atom is 0.338 e. The van der Waals surface area contributed by atoms with E-state index in [-0.39, 0.29) is 44.8 Å². The first-order valence-corrected chi connectivity index (χ1v) is 20.4. The first-order valence-electron chi connectivity index (χ1n) is 19.6. The summed E-state index contributed by atoms with van der Waals surface area (Å²) in [6.45, 7) is 5.32. The van der Waals surface area contributed by atoms with E-state index in [2.05, 4.69) is 10.2 Å². The van der Waals surface area contributed by atoms with Crippen LogP contribution < -0.4 is 10.0 Å². The van der Waals surface area contributed by atoms with Crippen LogP contribution in [0, 0.1) is 0 Å². The van der Waals surface area contributed by atoms with E-state index in [0.29, 0.717) is 68.1 Å². The molecule has 0 atom stereocenters. The summed E-state index contributed by atoms with van der Waals surface area (Å²) in [5, 5.41) is 38.9. The molecule has 4 heterocycles. The van der Waals surface area contributed by atoms with E-state index in [0.717, 1.165) is 5.01 Å². The SMILES string of the molecule is CC1=NN(c2cccc(C(=O)O)c2)C(=O)/C1=C\c1ccc(-c2ccc(Cl)c(C(=O)O)c2)o1.CCOC(=O)c1cccc(N2N=C(C)/C(=C/c3ccc(-c4ccc(Cl)c(C(=O)O)c4)o3)C2=O)c1. The second kappa shape index (κ2) is 19.2. The van der Waals surface area contributed by atoms with Crippen molar-refractivity contribution in [3.8, 4) is 22.6 Å².